The lowest BCUT2D eigenvalue weighted by Gasteiger charge is -2.35. The highest BCUT2D eigenvalue weighted by molar-refractivity contribution is 7.87. The second-order valence-corrected chi connectivity index (χ2v) is 8.29. The SMILES string of the molecule is CCC(NS(=O)(=O)N1CCCC(CO)C1)C1CCCCC1. The minimum atomic E-state index is -3.41. The number of aliphatic hydroxyl groups excluding tert-OH is 1. The summed E-state index contributed by atoms with van der Waals surface area (Å²) in [4.78, 5) is 0. The van der Waals surface area contributed by atoms with Gasteiger partial charge in [-0.05, 0) is 43.9 Å². The van der Waals surface area contributed by atoms with Gasteiger partial charge in [-0.2, -0.15) is 17.4 Å². The van der Waals surface area contributed by atoms with Crippen LogP contribution in [0, 0.1) is 11.8 Å². The van der Waals surface area contributed by atoms with Gasteiger partial charge in [0.2, 0.25) is 0 Å². The molecule has 0 spiro atoms. The first-order chi connectivity index (χ1) is 10.1. The summed E-state index contributed by atoms with van der Waals surface area (Å²) >= 11 is 0. The van der Waals surface area contributed by atoms with Crippen LogP contribution in [0.1, 0.15) is 58.3 Å². The van der Waals surface area contributed by atoms with Gasteiger partial charge in [-0.15, -0.1) is 0 Å². The molecule has 1 aliphatic heterocycles. The van der Waals surface area contributed by atoms with E-state index in [0.717, 1.165) is 32.1 Å². The van der Waals surface area contributed by atoms with Crippen LogP contribution in [-0.2, 0) is 10.2 Å². The number of nitrogens with zero attached hydrogens (tertiary/aromatic N) is 1. The first-order valence-electron chi connectivity index (χ1n) is 8.45. The molecule has 2 atom stereocenters. The maximum atomic E-state index is 12.6. The number of nitrogens with one attached hydrogen (secondary N) is 1. The molecule has 2 unspecified atom stereocenters. The quantitative estimate of drug-likeness (QED) is 0.785. The van der Waals surface area contributed by atoms with Crippen molar-refractivity contribution < 1.29 is 13.5 Å². The normalized spacial score (nSPS) is 27.6. The lowest BCUT2D eigenvalue weighted by atomic mass is 9.83. The molecule has 0 aromatic rings. The van der Waals surface area contributed by atoms with Gasteiger partial charge in [0.05, 0.1) is 0 Å². The summed E-state index contributed by atoms with van der Waals surface area (Å²) in [6.45, 7) is 3.17. The molecule has 2 N–H and O–H groups in total. The van der Waals surface area contributed by atoms with E-state index in [1.165, 1.54) is 23.6 Å². The van der Waals surface area contributed by atoms with Crippen LogP contribution in [0.4, 0.5) is 0 Å². The third-order valence-corrected chi connectivity index (χ3v) is 6.65. The first kappa shape index (κ1) is 17.2. The molecule has 124 valence electrons. The second-order valence-electron chi connectivity index (χ2n) is 6.58. The van der Waals surface area contributed by atoms with E-state index in [0.29, 0.717) is 19.0 Å². The zero-order valence-corrected chi connectivity index (χ0v) is 13.9. The molecule has 0 aromatic heterocycles. The fraction of sp³-hybridized carbons (Fsp3) is 1.00. The zero-order chi connectivity index (χ0) is 15.3. The Labute approximate surface area is 129 Å². The number of rotatable bonds is 6. The van der Waals surface area contributed by atoms with Crippen molar-refractivity contribution in [1.29, 1.82) is 0 Å². The summed E-state index contributed by atoms with van der Waals surface area (Å²) in [5.41, 5.74) is 0. The van der Waals surface area contributed by atoms with Gasteiger partial charge in [0.15, 0.2) is 0 Å². The van der Waals surface area contributed by atoms with Crippen molar-refractivity contribution in [3.05, 3.63) is 0 Å². The van der Waals surface area contributed by atoms with E-state index in [4.69, 9.17) is 0 Å². The van der Waals surface area contributed by atoms with Gasteiger partial charge in [-0.3, -0.25) is 0 Å². The number of aliphatic hydroxyl groups is 1. The van der Waals surface area contributed by atoms with Crippen LogP contribution in [-0.4, -0.2) is 43.6 Å². The fourth-order valence-corrected chi connectivity index (χ4v) is 5.38. The van der Waals surface area contributed by atoms with Gasteiger partial charge in [-0.25, -0.2) is 0 Å². The van der Waals surface area contributed by atoms with E-state index in [1.54, 1.807) is 0 Å². The molecule has 0 radical (unpaired) electrons. The van der Waals surface area contributed by atoms with Gasteiger partial charge < -0.3 is 5.11 Å². The van der Waals surface area contributed by atoms with Crippen molar-refractivity contribution in [2.24, 2.45) is 11.8 Å². The molecular weight excluding hydrogens is 288 g/mol. The number of hydrogen-bond donors (Lipinski definition) is 2. The lowest BCUT2D eigenvalue weighted by Crippen LogP contribution is -2.51. The highest BCUT2D eigenvalue weighted by Crippen LogP contribution is 2.28. The minimum absolute atomic E-state index is 0.0600. The predicted molar refractivity (Wildman–Crippen MR) is 84.1 cm³/mol. The molecule has 0 bridgehead atoms. The molecule has 0 aromatic carbocycles. The summed E-state index contributed by atoms with van der Waals surface area (Å²) in [5.74, 6) is 0.571. The average molecular weight is 318 g/mol. The van der Waals surface area contributed by atoms with Crippen molar-refractivity contribution in [1.82, 2.24) is 9.03 Å². The van der Waals surface area contributed by atoms with Gasteiger partial charge >= 0.3 is 0 Å². The molecule has 21 heavy (non-hydrogen) atoms. The molecule has 0 amide bonds. The fourth-order valence-electron chi connectivity index (χ4n) is 3.71. The zero-order valence-electron chi connectivity index (χ0n) is 13.1. The molecule has 1 aliphatic carbocycles. The van der Waals surface area contributed by atoms with E-state index < -0.39 is 10.2 Å². The summed E-state index contributed by atoms with van der Waals surface area (Å²) in [5, 5.41) is 9.26. The highest BCUT2D eigenvalue weighted by atomic mass is 32.2. The highest BCUT2D eigenvalue weighted by Gasteiger charge is 2.32. The summed E-state index contributed by atoms with van der Waals surface area (Å²) in [7, 11) is -3.41. The Bertz CT molecular complexity index is 407. The molecule has 1 saturated heterocycles. The Kier molecular flexibility index (Phi) is 6.47. The van der Waals surface area contributed by atoms with E-state index in [9.17, 15) is 13.5 Å². The molecule has 1 heterocycles. The molecular formula is C15H30N2O3S. The Morgan fingerprint density at radius 1 is 1.19 bits per heavy atom. The van der Waals surface area contributed by atoms with Gasteiger partial charge in [0.25, 0.3) is 10.2 Å². The third kappa shape index (κ3) is 4.65. The summed E-state index contributed by atoms with van der Waals surface area (Å²) < 4.78 is 29.7. The van der Waals surface area contributed by atoms with E-state index in [1.807, 2.05) is 0 Å². The Morgan fingerprint density at radius 2 is 1.90 bits per heavy atom. The monoisotopic (exact) mass is 318 g/mol. The van der Waals surface area contributed by atoms with Crippen molar-refractivity contribution in [2.75, 3.05) is 19.7 Å². The van der Waals surface area contributed by atoms with Crippen LogP contribution < -0.4 is 4.72 Å². The maximum absolute atomic E-state index is 12.6. The van der Waals surface area contributed by atoms with Crippen LogP contribution in [0.3, 0.4) is 0 Å². The molecule has 6 heteroatoms. The second kappa shape index (κ2) is 7.90. The lowest BCUT2D eigenvalue weighted by molar-refractivity contribution is 0.163. The van der Waals surface area contributed by atoms with Crippen LogP contribution in [0.15, 0.2) is 0 Å². The molecule has 2 fully saturated rings. The minimum Gasteiger partial charge on any atom is -0.396 e. The Morgan fingerprint density at radius 3 is 2.52 bits per heavy atom. The van der Waals surface area contributed by atoms with Crippen molar-refractivity contribution in [3.63, 3.8) is 0 Å². The third-order valence-electron chi connectivity index (χ3n) is 5.04. The van der Waals surface area contributed by atoms with Gasteiger partial charge in [-0.1, -0.05) is 26.2 Å². The number of hydrogen-bond acceptors (Lipinski definition) is 3. The standard InChI is InChI=1S/C15H30N2O3S/c1-2-15(14-8-4-3-5-9-14)16-21(19,20)17-10-6-7-13(11-17)12-18/h13-16,18H,2-12H2,1H3. The van der Waals surface area contributed by atoms with Crippen LogP contribution >= 0.6 is 0 Å². The molecule has 2 rings (SSSR count). The predicted octanol–water partition coefficient (Wildman–Crippen LogP) is 1.88. The largest absolute Gasteiger partial charge is 0.396 e. The van der Waals surface area contributed by atoms with Crippen LogP contribution in [0.25, 0.3) is 0 Å². The van der Waals surface area contributed by atoms with Crippen LogP contribution in [0.2, 0.25) is 0 Å². The van der Waals surface area contributed by atoms with E-state index in [-0.39, 0.29) is 18.6 Å². The van der Waals surface area contributed by atoms with Gasteiger partial charge in [0, 0.05) is 25.7 Å². The maximum Gasteiger partial charge on any atom is 0.279 e. The summed E-state index contributed by atoms with van der Waals surface area (Å²) in [6, 6.07) is 0.0600. The van der Waals surface area contributed by atoms with E-state index in [2.05, 4.69) is 11.6 Å². The average Bonchev–Trinajstić information content (AvgIpc) is 2.53. The van der Waals surface area contributed by atoms with Crippen molar-refractivity contribution in [3.8, 4) is 0 Å². The number of piperidine rings is 1. The van der Waals surface area contributed by atoms with Crippen LogP contribution in [0.5, 0.6) is 0 Å². The van der Waals surface area contributed by atoms with E-state index >= 15 is 0 Å². The van der Waals surface area contributed by atoms with Crippen molar-refractivity contribution in [2.45, 2.75) is 64.3 Å². The van der Waals surface area contributed by atoms with Gasteiger partial charge in [0.1, 0.15) is 0 Å². The van der Waals surface area contributed by atoms with Crippen molar-refractivity contribution >= 4 is 10.2 Å². The smallest absolute Gasteiger partial charge is 0.279 e. The summed E-state index contributed by atoms with van der Waals surface area (Å²) in [6.07, 6.45) is 8.61. The first-order valence-corrected chi connectivity index (χ1v) is 9.89. The Balaban J connectivity index is 1.97. The molecule has 5 nitrogen and oxygen atoms in total. The molecule has 1 saturated carbocycles. The topological polar surface area (TPSA) is 69.6 Å². The molecule has 2 aliphatic rings. The Hall–Kier alpha value is -0.170.